The van der Waals surface area contributed by atoms with E-state index in [4.69, 9.17) is 9.84 Å². The first-order valence-electron chi connectivity index (χ1n) is 8.24. The average Bonchev–Trinajstić information content (AvgIpc) is 2.96. The maximum absolute atomic E-state index is 11.2. The number of allylic oxidation sites excluding steroid dienone is 2. The Labute approximate surface area is 143 Å². The molecular weight excluding hydrogens is 306 g/mol. The van der Waals surface area contributed by atoms with Crippen LogP contribution in [0.2, 0.25) is 0 Å². The zero-order valence-electron chi connectivity index (χ0n) is 14.8. The van der Waals surface area contributed by atoms with E-state index < -0.39 is 11.6 Å². The minimum atomic E-state index is -1.01. The average molecular weight is 333 g/mol. The number of carboxylic acid groups (broad SMARTS) is 1. The van der Waals surface area contributed by atoms with Crippen molar-refractivity contribution in [2.45, 2.75) is 51.7 Å². The van der Waals surface area contributed by atoms with Crippen LogP contribution in [0.4, 0.5) is 5.69 Å². The number of aromatic carboxylic acids is 1. The zero-order chi connectivity index (χ0) is 17.9. The highest BCUT2D eigenvalue weighted by molar-refractivity contribution is 5.88. The van der Waals surface area contributed by atoms with Crippen LogP contribution in [0, 0.1) is 0 Å². The van der Waals surface area contributed by atoms with Crippen molar-refractivity contribution in [3.05, 3.63) is 40.5 Å². The number of benzene rings is 1. The molecule has 1 aliphatic rings. The quantitative estimate of drug-likeness (QED) is 0.668. The van der Waals surface area contributed by atoms with Gasteiger partial charge in [0, 0.05) is 12.8 Å². The van der Waals surface area contributed by atoms with Crippen molar-refractivity contribution in [2.24, 2.45) is 0 Å². The summed E-state index contributed by atoms with van der Waals surface area (Å²) in [6.07, 6.45) is 1.98. The minimum absolute atomic E-state index is 0.193. The summed E-state index contributed by atoms with van der Waals surface area (Å²) in [6, 6.07) is 4.84. The topological polar surface area (TPSA) is 78.8 Å². The van der Waals surface area contributed by atoms with Gasteiger partial charge in [0.2, 0.25) is 0 Å². The van der Waals surface area contributed by atoms with E-state index in [9.17, 15) is 9.90 Å². The first-order valence-corrected chi connectivity index (χ1v) is 8.24. The Balaban J connectivity index is 2.17. The second kappa shape index (κ2) is 7.36. The van der Waals surface area contributed by atoms with Gasteiger partial charge in [-0.15, -0.1) is 0 Å². The predicted octanol–water partition coefficient (Wildman–Crippen LogP) is 3.24. The number of nitrogens with one attached hydrogen (secondary N) is 1. The van der Waals surface area contributed by atoms with Gasteiger partial charge < -0.3 is 20.3 Å². The Bertz CT molecular complexity index is 649. The molecule has 1 aliphatic heterocycles. The van der Waals surface area contributed by atoms with Crippen molar-refractivity contribution < 1.29 is 19.7 Å². The van der Waals surface area contributed by atoms with Crippen molar-refractivity contribution in [1.29, 1.82) is 0 Å². The Morgan fingerprint density at radius 3 is 2.67 bits per heavy atom. The fraction of sp³-hybridized carbons (Fsp3) is 0.526. The normalized spacial score (nSPS) is 18.5. The standard InChI is InChI=1S/C19H27NO4/c1-12(2)13(3)7-8-19(23,11-24-4)17-10-15-9-14(18(21)22)5-6-16(15)20-17/h5-6,9,17,20,23H,7-8,10-11H2,1-4H3,(H,21,22). The lowest BCUT2D eigenvalue weighted by Crippen LogP contribution is -2.49. The molecule has 5 nitrogen and oxygen atoms in total. The molecular formula is C19H27NO4. The molecule has 0 spiro atoms. The molecule has 1 heterocycles. The summed E-state index contributed by atoms with van der Waals surface area (Å²) in [5.41, 5.74) is 3.61. The van der Waals surface area contributed by atoms with Crippen LogP contribution in [0.5, 0.6) is 0 Å². The molecule has 2 rings (SSSR count). The van der Waals surface area contributed by atoms with Crippen molar-refractivity contribution in [1.82, 2.24) is 0 Å². The van der Waals surface area contributed by atoms with Crippen LogP contribution in [-0.4, -0.2) is 41.5 Å². The van der Waals surface area contributed by atoms with Crippen LogP contribution in [0.1, 0.15) is 49.5 Å². The minimum Gasteiger partial charge on any atom is -0.478 e. The summed E-state index contributed by atoms with van der Waals surface area (Å²) >= 11 is 0. The Kier molecular flexibility index (Phi) is 5.67. The molecule has 1 aromatic rings. The van der Waals surface area contributed by atoms with Crippen LogP contribution < -0.4 is 5.32 Å². The summed E-state index contributed by atoms with van der Waals surface area (Å²) in [7, 11) is 1.59. The number of hydrogen-bond donors (Lipinski definition) is 3. The van der Waals surface area contributed by atoms with Gasteiger partial charge >= 0.3 is 5.97 Å². The molecule has 1 aromatic carbocycles. The van der Waals surface area contributed by atoms with Crippen molar-refractivity contribution in [2.75, 3.05) is 19.0 Å². The van der Waals surface area contributed by atoms with Gasteiger partial charge in [-0.05, 0) is 63.8 Å². The molecule has 5 heteroatoms. The monoisotopic (exact) mass is 333 g/mol. The number of ether oxygens (including phenoxy) is 1. The van der Waals surface area contributed by atoms with Crippen LogP contribution in [0.25, 0.3) is 0 Å². The largest absolute Gasteiger partial charge is 0.478 e. The van der Waals surface area contributed by atoms with E-state index >= 15 is 0 Å². The molecule has 24 heavy (non-hydrogen) atoms. The number of anilines is 1. The Morgan fingerprint density at radius 2 is 2.08 bits per heavy atom. The maximum atomic E-state index is 11.2. The molecule has 132 valence electrons. The number of methoxy groups -OCH3 is 1. The molecule has 0 bridgehead atoms. The number of rotatable bonds is 7. The van der Waals surface area contributed by atoms with Gasteiger partial charge in [-0.2, -0.15) is 0 Å². The molecule has 0 fully saturated rings. The molecule has 0 radical (unpaired) electrons. The lowest BCUT2D eigenvalue weighted by Gasteiger charge is -2.34. The first-order chi connectivity index (χ1) is 11.3. The molecule has 0 amide bonds. The van der Waals surface area contributed by atoms with Gasteiger partial charge in [-0.3, -0.25) is 0 Å². The third kappa shape index (κ3) is 3.97. The summed E-state index contributed by atoms with van der Waals surface area (Å²) in [5, 5.41) is 23.6. The molecule has 0 saturated carbocycles. The van der Waals surface area contributed by atoms with Crippen LogP contribution in [0.3, 0.4) is 0 Å². The van der Waals surface area contributed by atoms with Crippen molar-refractivity contribution >= 4 is 11.7 Å². The fourth-order valence-electron chi connectivity index (χ4n) is 3.07. The lowest BCUT2D eigenvalue weighted by atomic mass is 9.86. The molecule has 2 unspecified atom stereocenters. The summed E-state index contributed by atoms with van der Waals surface area (Å²) in [5.74, 6) is -0.937. The number of hydrogen-bond acceptors (Lipinski definition) is 4. The van der Waals surface area contributed by atoms with E-state index in [1.807, 2.05) is 0 Å². The second-order valence-electron chi connectivity index (χ2n) is 6.90. The highest BCUT2D eigenvalue weighted by atomic mass is 16.5. The molecule has 0 saturated heterocycles. The summed E-state index contributed by atoms with van der Waals surface area (Å²) in [6.45, 7) is 6.46. The second-order valence-corrected chi connectivity index (χ2v) is 6.90. The van der Waals surface area contributed by atoms with Gasteiger partial charge in [0.1, 0.15) is 5.60 Å². The van der Waals surface area contributed by atoms with Crippen molar-refractivity contribution in [3.8, 4) is 0 Å². The number of carboxylic acids is 1. The molecule has 3 N–H and O–H groups in total. The summed E-state index contributed by atoms with van der Waals surface area (Å²) < 4.78 is 5.27. The fourth-order valence-corrected chi connectivity index (χ4v) is 3.07. The van der Waals surface area contributed by atoms with E-state index in [1.54, 1.807) is 25.3 Å². The summed E-state index contributed by atoms with van der Waals surface area (Å²) in [4.78, 5) is 11.1. The van der Waals surface area contributed by atoms with E-state index in [0.717, 1.165) is 17.7 Å². The van der Waals surface area contributed by atoms with Crippen LogP contribution in [-0.2, 0) is 11.2 Å². The third-order valence-corrected chi connectivity index (χ3v) is 4.94. The maximum Gasteiger partial charge on any atom is 0.335 e. The van der Waals surface area contributed by atoms with E-state index in [0.29, 0.717) is 12.8 Å². The van der Waals surface area contributed by atoms with E-state index in [1.165, 1.54) is 11.1 Å². The Hall–Kier alpha value is -1.85. The van der Waals surface area contributed by atoms with Crippen LogP contribution in [0.15, 0.2) is 29.3 Å². The number of carbonyl (C=O) groups is 1. The third-order valence-electron chi connectivity index (χ3n) is 4.94. The van der Waals surface area contributed by atoms with Crippen LogP contribution >= 0.6 is 0 Å². The number of aliphatic hydroxyl groups is 1. The molecule has 0 aromatic heterocycles. The SMILES string of the molecule is COCC(O)(CCC(C)=C(C)C)C1Cc2cc(C(=O)O)ccc2N1. The zero-order valence-corrected chi connectivity index (χ0v) is 14.8. The predicted molar refractivity (Wildman–Crippen MR) is 94.6 cm³/mol. The lowest BCUT2D eigenvalue weighted by molar-refractivity contribution is -0.0489. The molecule has 0 aliphatic carbocycles. The van der Waals surface area contributed by atoms with Gasteiger partial charge in [0.05, 0.1) is 18.2 Å². The van der Waals surface area contributed by atoms with Gasteiger partial charge in [0.15, 0.2) is 0 Å². The van der Waals surface area contributed by atoms with Gasteiger partial charge in [-0.1, -0.05) is 11.1 Å². The molecule has 2 atom stereocenters. The highest BCUT2D eigenvalue weighted by Crippen LogP contribution is 2.34. The van der Waals surface area contributed by atoms with E-state index in [2.05, 4.69) is 26.1 Å². The van der Waals surface area contributed by atoms with Crippen molar-refractivity contribution in [3.63, 3.8) is 0 Å². The number of fused-ring (bicyclic) bond motifs is 1. The highest BCUT2D eigenvalue weighted by Gasteiger charge is 2.40. The van der Waals surface area contributed by atoms with Gasteiger partial charge in [0.25, 0.3) is 0 Å². The smallest absolute Gasteiger partial charge is 0.335 e. The first kappa shape index (κ1) is 18.5. The van der Waals surface area contributed by atoms with Gasteiger partial charge in [-0.25, -0.2) is 4.79 Å². The Morgan fingerprint density at radius 1 is 1.38 bits per heavy atom. The van der Waals surface area contributed by atoms with E-state index in [-0.39, 0.29) is 18.2 Å².